The summed E-state index contributed by atoms with van der Waals surface area (Å²) in [5, 5.41) is 21.6. The van der Waals surface area contributed by atoms with E-state index in [0.29, 0.717) is 0 Å². The number of hydrogen-bond donors (Lipinski definition) is 2. The molecule has 0 aromatic heterocycles. The Bertz CT molecular complexity index is 195. The largest absolute Gasteiger partial charge is 0.411 e. The molecule has 5 heteroatoms. The third-order valence-corrected chi connectivity index (χ3v) is 0.926. The first-order valence-electron chi connectivity index (χ1n) is 2.55. The zero-order chi connectivity index (χ0) is 8.15. The first-order chi connectivity index (χ1) is 4.63. The summed E-state index contributed by atoms with van der Waals surface area (Å²) >= 11 is 0. The van der Waals surface area contributed by atoms with Crippen molar-refractivity contribution in [1.82, 2.24) is 0 Å². The molecule has 0 aromatic carbocycles. The van der Waals surface area contributed by atoms with E-state index in [2.05, 4.69) is 10.3 Å². The van der Waals surface area contributed by atoms with Gasteiger partial charge in [0.15, 0.2) is 11.5 Å². The van der Waals surface area contributed by atoms with Crippen LogP contribution in [0.5, 0.6) is 0 Å². The van der Waals surface area contributed by atoms with Gasteiger partial charge >= 0.3 is 0 Å². The van der Waals surface area contributed by atoms with Gasteiger partial charge in [0.05, 0.1) is 0 Å². The van der Waals surface area contributed by atoms with E-state index in [1.165, 1.54) is 13.8 Å². The van der Waals surface area contributed by atoms with Gasteiger partial charge < -0.3 is 10.4 Å². The fourth-order valence-electron chi connectivity index (χ4n) is 0.445. The zero-order valence-electron chi connectivity index (χ0n) is 5.70. The van der Waals surface area contributed by atoms with Crippen molar-refractivity contribution in [3.63, 3.8) is 0 Å². The molecule has 5 nitrogen and oxygen atoms in total. The maximum Gasteiger partial charge on any atom is 0.183 e. The third kappa shape index (κ3) is 1.85. The quantitative estimate of drug-likeness (QED) is 0.331. The minimum atomic E-state index is -0.446. The minimum Gasteiger partial charge on any atom is -0.411 e. The lowest BCUT2D eigenvalue weighted by Crippen LogP contribution is -2.19. The van der Waals surface area contributed by atoms with Crippen LogP contribution in [0.15, 0.2) is 10.3 Å². The molecule has 0 aliphatic carbocycles. The molecule has 56 valence electrons. The highest BCUT2D eigenvalue weighted by Gasteiger charge is 2.09. The monoisotopic (exact) mass is 144 g/mol. The van der Waals surface area contributed by atoms with Crippen molar-refractivity contribution in [2.45, 2.75) is 13.8 Å². The smallest absolute Gasteiger partial charge is 0.183 e. The summed E-state index contributed by atoms with van der Waals surface area (Å²) in [5.41, 5.74) is -0.238. The Kier molecular flexibility index (Phi) is 3.10. The van der Waals surface area contributed by atoms with Crippen LogP contribution in [0.2, 0.25) is 0 Å². The normalized spacial score (nSPS) is 13.4. The highest BCUT2D eigenvalue weighted by atomic mass is 16.4. The number of ketones is 1. The molecule has 0 rings (SSSR count). The van der Waals surface area contributed by atoms with Gasteiger partial charge in [0.25, 0.3) is 0 Å². The zero-order valence-corrected chi connectivity index (χ0v) is 5.70. The molecule has 0 aliphatic rings. The number of carbonyl (C=O) groups is 1. The van der Waals surface area contributed by atoms with Crippen LogP contribution in [-0.2, 0) is 4.79 Å². The van der Waals surface area contributed by atoms with Crippen molar-refractivity contribution < 1.29 is 15.2 Å². The highest BCUT2D eigenvalue weighted by Crippen LogP contribution is 1.84. The second-order valence-corrected chi connectivity index (χ2v) is 1.69. The number of nitrogens with zero attached hydrogens (tertiary/aromatic N) is 2. The van der Waals surface area contributed by atoms with Crippen LogP contribution >= 0.6 is 0 Å². The highest BCUT2D eigenvalue weighted by molar-refractivity contribution is 6.66. The van der Waals surface area contributed by atoms with Crippen LogP contribution in [0.25, 0.3) is 0 Å². The van der Waals surface area contributed by atoms with Crippen LogP contribution in [0.1, 0.15) is 13.8 Å². The molecule has 0 radical (unpaired) electrons. The van der Waals surface area contributed by atoms with Gasteiger partial charge in [0, 0.05) is 6.92 Å². The van der Waals surface area contributed by atoms with E-state index in [0.717, 1.165) is 0 Å². The Balaban J connectivity index is 4.56. The second kappa shape index (κ2) is 3.60. The standard InChI is InChI=1S/C5H8N2O3/c1-3(6-9)5(7-10)4(2)8/h9-10H,1-2H3/b6-3+,7-5+. The van der Waals surface area contributed by atoms with E-state index in [1.54, 1.807) is 0 Å². The summed E-state index contributed by atoms with van der Waals surface area (Å²) < 4.78 is 0. The maximum absolute atomic E-state index is 10.5. The first kappa shape index (κ1) is 8.61. The van der Waals surface area contributed by atoms with Crippen molar-refractivity contribution in [2.24, 2.45) is 10.3 Å². The summed E-state index contributed by atoms with van der Waals surface area (Å²) in [4.78, 5) is 10.5. The lowest BCUT2D eigenvalue weighted by Gasteiger charge is -1.93. The van der Waals surface area contributed by atoms with Gasteiger partial charge in [-0.2, -0.15) is 0 Å². The Morgan fingerprint density at radius 2 is 1.70 bits per heavy atom. The Labute approximate surface area is 57.6 Å². The van der Waals surface area contributed by atoms with E-state index in [9.17, 15) is 4.79 Å². The van der Waals surface area contributed by atoms with Crippen molar-refractivity contribution in [2.75, 3.05) is 0 Å². The molecule has 0 saturated heterocycles. The predicted octanol–water partition coefficient (Wildman–Crippen LogP) is 0.256. The number of rotatable bonds is 2. The molecule has 0 unspecified atom stereocenters. The molecule has 0 bridgehead atoms. The van der Waals surface area contributed by atoms with Gasteiger partial charge in [0.2, 0.25) is 0 Å². The summed E-state index contributed by atoms with van der Waals surface area (Å²) in [6, 6.07) is 0. The summed E-state index contributed by atoms with van der Waals surface area (Å²) in [6.07, 6.45) is 0. The molecular formula is C5H8N2O3. The second-order valence-electron chi connectivity index (χ2n) is 1.69. The van der Waals surface area contributed by atoms with E-state index < -0.39 is 5.78 Å². The topological polar surface area (TPSA) is 82.2 Å². The molecule has 0 saturated carbocycles. The summed E-state index contributed by atoms with van der Waals surface area (Å²) in [7, 11) is 0. The van der Waals surface area contributed by atoms with E-state index in [1.807, 2.05) is 0 Å². The van der Waals surface area contributed by atoms with Gasteiger partial charge in [-0.3, -0.25) is 4.79 Å². The Hall–Kier alpha value is -1.39. The minimum absolute atomic E-state index is 0.00463. The summed E-state index contributed by atoms with van der Waals surface area (Å²) in [6.45, 7) is 2.57. The molecule has 0 spiro atoms. The molecule has 0 amide bonds. The fraction of sp³-hybridized carbons (Fsp3) is 0.400. The molecule has 10 heavy (non-hydrogen) atoms. The number of hydrogen-bond acceptors (Lipinski definition) is 5. The first-order valence-corrected chi connectivity index (χ1v) is 2.55. The molecule has 0 fully saturated rings. The fourth-order valence-corrected chi connectivity index (χ4v) is 0.445. The van der Waals surface area contributed by atoms with Crippen LogP contribution in [0, 0.1) is 0 Å². The molecule has 0 heterocycles. The molecule has 0 aromatic rings. The molecule has 0 atom stereocenters. The SMILES string of the molecule is CC(=O)C(=N/O)/C(C)=N/O. The summed E-state index contributed by atoms with van der Waals surface area (Å²) in [5.74, 6) is -0.446. The molecule has 0 aliphatic heterocycles. The van der Waals surface area contributed by atoms with Crippen molar-refractivity contribution in [3.05, 3.63) is 0 Å². The Morgan fingerprint density at radius 3 is 1.80 bits per heavy atom. The van der Waals surface area contributed by atoms with Crippen molar-refractivity contribution in [3.8, 4) is 0 Å². The van der Waals surface area contributed by atoms with E-state index in [4.69, 9.17) is 10.4 Å². The Morgan fingerprint density at radius 1 is 1.20 bits per heavy atom. The van der Waals surface area contributed by atoms with Crippen LogP contribution < -0.4 is 0 Å². The van der Waals surface area contributed by atoms with Gasteiger partial charge in [-0.05, 0) is 6.92 Å². The van der Waals surface area contributed by atoms with Crippen LogP contribution in [0.3, 0.4) is 0 Å². The van der Waals surface area contributed by atoms with E-state index >= 15 is 0 Å². The lowest BCUT2D eigenvalue weighted by atomic mass is 10.2. The predicted molar refractivity (Wildman–Crippen MR) is 34.8 cm³/mol. The van der Waals surface area contributed by atoms with E-state index in [-0.39, 0.29) is 11.4 Å². The number of carbonyl (C=O) groups excluding carboxylic acids is 1. The van der Waals surface area contributed by atoms with Gasteiger partial charge in [-0.15, -0.1) is 0 Å². The maximum atomic E-state index is 10.5. The number of oxime groups is 2. The lowest BCUT2D eigenvalue weighted by molar-refractivity contribution is -0.111. The van der Waals surface area contributed by atoms with Crippen molar-refractivity contribution >= 4 is 17.2 Å². The van der Waals surface area contributed by atoms with Gasteiger partial charge in [-0.1, -0.05) is 10.3 Å². The molecule has 2 N–H and O–H groups in total. The van der Waals surface area contributed by atoms with Crippen LogP contribution in [0.4, 0.5) is 0 Å². The average molecular weight is 144 g/mol. The van der Waals surface area contributed by atoms with Crippen molar-refractivity contribution in [1.29, 1.82) is 0 Å². The van der Waals surface area contributed by atoms with Gasteiger partial charge in [0.1, 0.15) is 5.71 Å². The van der Waals surface area contributed by atoms with Crippen LogP contribution in [-0.4, -0.2) is 27.6 Å². The van der Waals surface area contributed by atoms with Gasteiger partial charge in [-0.25, -0.2) is 0 Å². The molecular weight excluding hydrogens is 136 g/mol. The number of Topliss-reactive ketones (excluding diaryl/α,β-unsaturated/α-hetero) is 1. The average Bonchev–Trinajstić information content (AvgIpc) is 1.88. The third-order valence-electron chi connectivity index (χ3n) is 0.926.